The molecule has 0 amide bonds. The maximum absolute atomic E-state index is 11.9. The van der Waals surface area contributed by atoms with Crippen LogP contribution in [-0.2, 0) is 9.53 Å². The van der Waals surface area contributed by atoms with Gasteiger partial charge in [0.1, 0.15) is 6.61 Å². The van der Waals surface area contributed by atoms with Crippen LogP contribution in [0, 0.1) is 5.92 Å². The van der Waals surface area contributed by atoms with Crippen molar-refractivity contribution in [2.45, 2.75) is 200 Å². The van der Waals surface area contributed by atoms with Gasteiger partial charge in [0.2, 0.25) is 0 Å². The molecule has 3 heteroatoms. The first kappa shape index (κ1) is 36.4. The van der Waals surface area contributed by atoms with Crippen LogP contribution in [0.5, 0.6) is 0 Å². The molecule has 0 rings (SSSR count). The molecule has 1 N–H and O–H groups in total. The third-order valence-electron chi connectivity index (χ3n) is 7.74. The normalized spacial score (nSPS) is 12.4. The molecule has 0 bridgehead atoms. The van der Waals surface area contributed by atoms with E-state index in [0.29, 0.717) is 6.42 Å². The Morgan fingerprint density at radius 1 is 0.541 bits per heavy atom. The zero-order valence-corrected chi connectivity index (χ0v) is 25.7. The number of hydrogen-bond acceptors (Lipinski definition) is 3. The van der Waals surface area contributed by atoms with Crippen molar-refractivity contribution in [1.82, 2.24) is 0 Å². The first-order valence-corrected chi connectivity index (χ1v) is 16.9. The predicted molar refractivity (Wildman–Crippen MR) is 162 cm³/mol. The molecule has 0 aromatic rings. The van der Waals surface area contributed by atoms with E-state index >= 15 is 0 Å². The smallest absolute Gasteiger partial charge is 0.305 e. The monoisotopic (exact) mass is 525 g/mol. The Labute approximate surface area is 233 Å². The molecular weight excluding hydrogens is 456 g/mol. The van der Waals surface area contributed by atoms with E-state index in [1.165, 1.54) is 141 Å². The van der Waals surface area contributed by atoms with Crippen molar-refractivity contribution in [3.05, 3.63) is 0 Å². The van der Waals surface area contributed by atoms with Gasteiger partial charge in [-0.15, -0.1) is 0 Å². The minimum atomic E-state index is -0.493. The Kier molecular flexibility index (Phi) is 29.5. The third kappa shape index (κ3) is 31.5. The molecule has 0 aliphatic carbocycles. The fourth-order valence-corrected chi connectivity index (χ4v) is 5.16. The highest BCUT2D eigenvalue weighted by Gasteiger charge is 2.09. The summed E-state index contributed by atoms with van der Waals surface area (Å²) < 4.78 is 5.29. The molecule has 0 aromatic carbocycles. The number of aliphatic hydroxyl groups is 1. The van der Waals surface area contributed by atoms with E-state index in [2.05, 4.69) is 20.8 Å². The minimum absolute atomic E-state index is 0.137. The number of esters is 1. The number of carbonyl (C=O) groups is 1. The van der Waals surface area contributed by atoms with Gasteiger partial charge >= 0.3 is 5.97 Å². The molecule has 222 valence electrons. The number of carbonyl (C=O) groups excluding carboxylic acids is 1. The first-order valence-electron chi connectivity index (χ1n) is 16.9. The van der Waals surface area contributed by atoms with Crippen LogP contribution in [0.15, 0.2) is 0 Å². The van der Waals surface area contributed by atoms with Crippen molar-refractivity contribution >= 4 is 5.97 Å². The average molecular weight is 525 g/mol. The summed E-state index contributed by atoms with van der Waals surface area (Å²) in [5.74, 6) is 0.722. The summed E-state index contributed by atoms with van der Waals surface area (Å²) >= 11 is 0. The number of rotatable bonds is 30. The van der Waals surface area contributed by atoms with Gasteiger partial charge in [0, 0.05) is 6.42 Å². The summed E-state index contributed by atoms with van der Waals surface area (Å²) in [6.45, 7) is 7.08. The Balaban J connectivity index is 3.28. The van der Waals surface area contributed by atoms with Crippen LogP contribution in [0.1, 0.15) is 194 Å². The molecule has 0 aromatic heterocycles. The number of unbranched alkanes of at least 4 members (excludes halogenated alkanes) is 22. The molecular formula is C34H68O3. The second kappa shape index (κ2) is 30.0. The lowest BCUT2D eigenvalue weighted by Crippen LogP contribution is -2.18. The van der Waals surface area contributed by atoms with Gasteiger partial charge in [-0.25, -0.2) is 0 Å². The molecule has 0 saturated carbocycles. The standard InChI is InChI=1S/C34H68O3/c1-4-5-6-7-8-9-10-14-17-20-23-26-29-33(35)31-37-34(36)30-27-24-21-18-15-12-11-13-16-19-22-25-28-32(2)3/h32-33,35H,4-31H2,1-3H3. The van der Waals surface area contributed by atoms with Crippen molar-refractivity contribution in [2.75, 3.05) is 6.61 Å². The zero-order valence-electron chi connectivity index (χ0n) is 25.7. The number of aliphatic hydroxyl groups excluding tert-OH is 1. The van der Waals surface area contributed by atoms with E-state index in [0.717, 1.165) is 31.6 Å². The van der Waals surface area contributed by atoms with Gasteiger partial charge in [-0.1, -0.05) is 175 Å². The summed E-state index contributed by atoms with van der Waals surface area (Å²) in [7, 11) is 0. The highest BCUT2D eigenvalue weighted by molar-refractivity contribution is 5.69. The molecule has 1 atom stereocenters. The molecule has 0 aliphatic heterocycles. The van der Waals surface area contributed by atoms with E-state index < -0.39 is 6.10 Å². The molecule has 0 fully saturated rings. The van der Waals surface area contributed by atoms with Crippen LogP contribution < -0.4 is 0 Å². The van der Waals surface area contributed by atoms with Crippen LogP contribution in [0.25, 0.3) is 0 Å². The third-order valence-corrected chi connectivity index (χ3v) is 7.74. The van der Waals surface area contributed by atoms with Crippen LogP contribution in [0.3, 0.4) is 0 Å². The molecule has 37 heavy (non-hydrogen) atoms. The van der Waals surface area contributed by atoms with Crippen molar-refractivity contribution in [3.8, 4) is 0 Å². The molecule has 0 heterocycles. The summed E-state index contributed by atoms with van der Waals surface area (Å²) in [5, 5.41) is 10.1. The topological polar surface area (TPSA) is 46.5 Å². The zero-order chi connectivity index (χ0) is 27.2. The van der Waals surface area contributed by atoms with Crippen molar-refractivity contribution in [3.63, 3.8) is 0 Å². The van der Waals surface area contributed by atoms with Crippen LogP contribution in [-0.4, -0.2) is 23.8 Å². The maximum atomic E-state index is 11.9. The molecule has 3 nitrogen and oxygen atoms in total. The molecule has 0 spiro atoms. The fourth-order valence-electron chi connectivity index (χ4n) is 5.16. The van der Waals surface area contributed by atoms with Gasteiger partial charge in [-0.3, -0.25) is 4.79 Å². The summed E-state index contributed by atoms with van der Waals surface area (Å²) in [4.78, 5) is 11.9. The van der Waals surface area contributed by atoms with E-state index in [9.17, 15) is 9.90 Å². The van der Waals surface area contributed by atoms with E-state index in [-0.39, 0.29) is 12.6 Å². The van der Waals surface area contributed by atoms with Gasteiger partial charge in [-0.05, 0) is 18.8 Å². The van der Waals surface area contributed by atoms with Gasteiger partial charge in [-0.2, -0.15) is 0 Å². The lowest BCUT2D eigenvalue weighted by Gasteiger charge is -2.11. The summed E-state index contributed by atoms with van der Waals surface area (Å²) in [6.07, 6.45) is 33.7. The quantitative estimate of drug-likeness (QED) is 0.0750. The highest BCUT2D eigenvalue weighted by Crippen LogP contribution is 2.15. The van der Waals surface area contributed by atoms with Crippen molar-refractivity contribution in [1.29, 1.82) is 0 Å². The fraction of sp³-hybridized carbons (Fsp3) is 0.971. The number of ether oxygens (including phenoxy) is 1. The number of hydrogen-bond donors (Lipinski definition) is 1. The van der Waals surface area contributed by atoms with Crippen molar-refractivity contribution < 1.29 is 14.6 Å². The lowest BCUT2D eigenvalue weighted by atomic mass is 10.0. The Bertz CT molecular complexity index is 448. The molecule has 1 unspecified atom stereocenters. The Morgan fingerprint density at radius 3 is 1.30 bits per heavy atom. The average Bonchev–Trinajstić information content (AvgIpc) is 2.88. The lowest BCUT2D eigenvalue weighted by molar-refractivity contribution is -0.146. The first-order chi connectivity index (χ1) is 18.1. The van der Waals surface area contributed by atoms with Gasteiger partial charge in [0.25, 0.3) is 0 Å². The summed E-state index contributed by atoms with van der Waals surface area (Å²) in [5.41, 5.74) is 0. The van der Waals surface area contributed by atoms with Crippen LogP contribution >= 0.6 is 0 Å². The predicted octanol–water partition coefficient (Wildman–Crippen LogP) is 11.1. The van der Waals surface area contributed by atoms with E-state index in [1.807, 2.05) is 0 Å². The van der Waals surface area contributed by atoms with E-state index in [1.54, 1.807) is 0 Å². The largest absolute Gasteiger partial charge is 0.463 e. The van der Waals surface area contributed by atoms with Gasteiger partial charge in [0.05, 0.1) is 6.10 Å². The Morgan fingerprint density at radius 2 is 0.892 bits per heavy atom. The van der Waals surface area contributed by atoms with Crippen molar-refractivity contribution in [2.24, 2.45) is 5.92 Å². The highest BCUT2D eigenvalue weighted by atomic mass is 16.5. The maximum Gasteiger partial charge on any atom is 0.305 e. The van der Waals surface area contributed by atoms with Crippen LogP contribution in [0.2, 0.25) is 0 Å². The SMILES string of the molecule is CCCCCCCCCCCCCCC(O)COC(=O)CCCCCCCCCCCCCCC(C)C. The molecule has 0 radical (unpaired) electrons. The molecule has 0 saturated heterocycles. The second-order valence-corrected chi connectivity index (χ2v) is 12.2. The minimum Gasteiger partial charge on any atom is -0.463 e. The van der Waals surface area contributed by atoms with Gasteiger partial charge in [0.15, 0.2) is 0 Å². The Hall–Kier alpha value is -0.570. The van der Waals surface area contributed by atoms with Gasteiger partial charge < -0.3 is 9.84 Å². The second-order valence-electron chi connectivity index (χ2n) is 12.2. The van der Waals surface area contributed by atoms with E-state index in [4.69, 9.17) is 4.74 Å². The molecule has 0 aliphatic rings. The van der Waals surface area contributed by atoms with Crippen LogP contribution in [0.4, 0.5) is 0 Å². The summed E-state index contributed by atoms with van der Waals surface area (Å²) in [6, 6.07) is 0.